The van der Waals surface area contributed by atoms with Gasteiger partial charge < -0.3 is 5.32 Å². The molecule has 2 aromatic rings. The smallest absolute Gasteiger partial charge is 0.252 e. The third-order valence-corrected chi connectivity index (χ3v) is 8.87. The molecule has 1 saturated heterocycles. The van der Waals surface area contributed by atoms with Crippen LogP contribution in [0.1, 0.15) is 42.9 Å². The number of thiophene rings is 1. The second kappa shape index (κ2) is 7.73. The highest BCUT2D eigenvalue weighted by molar-refractivity contribution is 7.91. The number of piperidine rings is 1. The maximum Gasteiger partial charge on any atom is 0.252 e. The molecule has 1 atom stereocenters. The highest BCUT2D eigenvalue weighted by Gasteiger charge is 2.33. The van der Waals surface area contributed by atoms with E-state index in [1.165, 1.54) is 26.8 Å². The van der Waals surface area contributed by atoms with Crippen molar-refractivity contribution in [2.24, 2.45) is 5.92 Å². The predicted octanol–water partition coefficient (Wildman–Crippen LogP) is 3.34. The molecule has 1 aliphatic carbocycles. The number of amides is 1. The minimum Gasteiger partial charge on any atom is -0.349 e. The highest BCUT2D eigenvalue weighted by atomic mass is 32.2. The number of aryl methyl sites for hydroxylation is 1. The van der Waals surface area contributed by atoms with Crippen LogP contribution in [0.15, 0.2) is 46.0 Å². The van der Waals surface area contributed by atoms with Crippen LogP contribution in [-0.2, 0) is 21.2 Å². The van der Waals surface area contributed by atoms with Crippen LogP contribution >= 0.6 is 11.3 Å². The van der Waals surface area contributed by atoms with E-state index < -0.39 is 10.0 Å². The molecular formula is C20H24N2O3S2. The summed E-state index contributed by atoms with van der Waals surface area (Å²) in [4.78, 5) is 12.8. The average Bonchev–Trinajstić information content (AvgIpc) is 3.24. The van der Waals surface area contributed by atoms with Gasteiger partial charge >= 0.3 is 0 Å². The Morgan fingerprint density at radius 3 is 2.59 bits per heavy atom. The Hall–Kier alpha value is -1.70. The van der Waals surface area contributed by atoms with E-state index in [9.17, 15) is 13.2 Å². The molecule has 0 radical (unpaired) electrons. The molecule has 2 heterocycles. The van der Waals surface area contributed by atoms with Gasteiger partial charge in [-0.15, -0.1) is 11.3 Å². The van der Waals surface area contributed by atoms with Crippen molar-refractivity contribution < 1.29 is 13.2 Å². The fourth-order valence-electron chi connectivity index (χ4n) is 4.09. The molecule has 7 heteroatoms. The number of sulfonamides is 1. The van der Waals surface area contributed by atoms with Crippen LogP contribution in [0.4, 0.5) is 0 Å². The highest BCUT2D eigenvalue weighted by Crippen LogP contribution is 2.31. The Morgan fingerprint density at radius 2 is 1.85 bits per heavy atom. The van der Waals surface area contributed by atoms with Crippen LogP contribution < -0.4 is 5.32 Å². The topological polar surface area (TPSA) is 66.5 Å². The zero-order valence-electron chi connectivity index (χ0n) is 15.1. The normalized spacial score (nSPS) is 21.6. The number of carbonyl (C=O) groups is 1. The molecule has 4 rings (SSSR count). The fourth-order valence-corrected chi connectivity index (χ4v) is 6.70. The SMILES string of the molecule is O=C(NC1CCCc2ccccc21)C1CCN(S(=O)(=O)c2cccs2)CC1. The monoisotopic (exact) mass is 404 g/mol. The summed E-state index contributed by atoms with van der Waals surface area (Å²) < 4.78 is 27.1. The molecule has 0 bridgehead atoms. The molecule has 1 amide bonds. The molecule has 0 spiro atoms. The van der Waals surface area contributed by atoms with Gasteiger partial charge in [0.15, 0.2) is 0 Å². The molecule has 1 aliphatic heterocycles. The Balaban J connectivity index is 1.37. The molecule has 1 aromatic heterocycles. The largest absolute Gasteiger partial charge is 0.349 e. The molecule has 144 valence electrons. The summed E-state index contributed by atoms with van der Waals surface area (Å²) in [6, 6.07) is 11.8. The molecule has 27 heavy (non-hydrogen) atoms. The number of benzene rings is 1. The van der Waals surface area contributed by atoms with Crippen LogP contribution in [0.2, 0.25) is 0 Å². The second-order valence-corrected chi connectivity index (χ2v) is 10.4. The summed E-state index contributed by atoms with van der Waals surface area (Å²) in [5, 5.41) is 4.99. The summed E-state index contributed by atoms with van der Waals surface area (Å²) in [7, 11) is -3.41. The Labute approximate surface area is 164 Å². The lowest BCUT2D eigenvalue weighted by Crippen LogP contribution is -2.43. The summed E-state index contributed by atoms with van der Waals surface area (Å²) in [6.45, 7) is 0.805. The quantitative estimate of drug-likeness (QED) is 0.850. The zero-order valence-corrected chi connectivity index (χ0v) is 16.8. The van der Waals surface area contributed by atoms with E-state index in [1.807, 2.05) is 12.1 Å². The van der Waals surface area contributed by atoms with E-state index in [1.54, 1.807) is 17.5 Å². The van der Waals surface area contributed by atoms with Crippen molar-refractivity contribution in [1.82, 2.24) is 9.62 Å². The van der Waals surface area contributed by atoms with Crippen molar-refractivity contribution in [3.05, 3.63) is 52.9 Å². The van der Waals surface area contributed by atoms with Crippen molar-refractivity contribution in [3.63, 3.8) is 0 Å². The number of nitrogens with zero attached hydrogens (tertiary/aromatic N) is 1. The van der Waals surface area contributed by atoms with E-state index in [-0.39, 0.29) is 17.9 Å². The van der Waals surface area contributed by atoms with Gasteiger partial charge in [-0.1, -0.05) is 30.3 Å². The van der Waals surface area contributed by atoms with Gasteiger partial charge in [0, 0.05) is 19.0 Å². The van der Waals surface area contributed by atoms with Gasteiger partial charge in [0.2, 0.25) is 5.91 Å². The first kappa shape index (κ1) is 18.7. The van der Waals surface area contributed by atoms with Gasteiger partial charge in [-0.25, -0.2) is 8.42 Å². The van der Waals surface area contributed by atoms with Crippen LogP contribution in [0.3, 0.4) is 0 Å². The summed E-state index contributed by atoms with van der Waals surface area (Å²) >= 11 is 1.24. The fraction of sp³-hybridized carbons (Fsp3) is 0.450. The minimum absolute atomic E-state index is 0.0601. The summed E-state index contributed by atoms with van der Waals surface area (Å²) in [5.41, 5.74) is 2.56. The van der Waals surface area contributed by atoms with Gasteiger partial charge in [-0.05, 0) is 54.7 Å². The molecule has 2 aliphatic rings. The summed E-state index contributed by atoms with van der Waals surface area (Å²) in [6.07, 6.45) is 4.27. The number of hydrogen-bond acceptors (Lipinski definition) is 4. The van der Waals surface area contributed by atoms with E-state index in [4.69, 9.17) is 0 Å². The van der Waals surface area contributed by atoms with Gasteiger partial charge in [0.05, 0.1) is 6.04 Å². The lowest BCUT2D eigenvalue weighted by molar-refractivity contribution is -0.127. The van der Waals surface area contributed by atoms with Crippen molar-refractivity contribution in [2.75, 3.05) is 13.1 Å². The van der Waals surface area contributed by atoms with Crippen molar-refractivity contribution in [2.45, 2.75) is 42.4 Å². The molecule has 0 saturated carbocycles. The molecule has 1 unspecified atom stereocenters. The molecule has 1 N–H and O–H groups in total. The Morgan fingerprint density at radius 1 is 1.07 bits per heavy atom. The molecule has 1 aromatic carbocycles. The van der Waals surface area contributed by atoms with Crippen LogP contribution in [0.25, 0.3) is 0 Å². The maximum atomic E-state index is 12.8. The van der Waals surface area contributed by atoms with E-state index >= 15 is 0 Å². The van der Waals surface area contributed by atoms with Gasteiger partial charge in [0.1, 0.15) is 4.21 Å². The maximum absolute atomic E-state index is 12.8. The number of carbonyl (C=O) groups excluding carboxylic acids is 1. The first-order chi connectivity index (χ1) is 13.1. The van der Waals surface area contributed by atoms with Crippen LogP contribution in [0, 0.1) is 5.92 Å². The number of nitrogens with one attached hydrogen (secondary N) is 1. The molecule has 1 fully saturated rings. The van der Waals surface area contributed by atoms with Gasteiger partial charge in [-0.2, -0.15) is 4.31 Å². The van der Waals surface area contributed by atoms with Crippen LogP contribution in [-0.4, -0.2) is 31.7 Å². The van der Waals surface area contributed by atoms with Crippen molar-refractivity contribution in [1.29, 1.82) is 0 Å². The Kier molecular flexibility index (Phi) is 5.34. The summed E-state index contributed by atoms with van der Waals surface area (Å²) in [5.74, 6) is -0.0567. The predicted molar refractivity (Wildman–Crippen MR) is 106 cm³/mol. The number of rotatable bonds is 4. The second-order valence-electron chi connectivity index (χ2n) is 7.26. The first-order valence-corrected chi connectivity index (χ1v) is 11.8. The molecule has 5 nitrogen and oxygen atoms in total. The third kappa shape index (κ3) is 3.81. The Bertz CT molecular complexity index is 901. The van der Waals surface area contributed by atoms with Crippen molar-refractivity contribution in [3.8, 4) is 0 Å². The number of fused-ring (bicyclic) bond motifs is 1. The minimum atomic E-state index is -3.41. The van der Waals surface area contributed by atoms with Crippen LogP contribution in [0.5, 0.6) is 0 Å². The lowest BCUT2D eigenvalue weighted by atomic mass is 9.87. The van der Waals surface area contributed by atoms with E-state index in [0.29, 0.717) is 30.1 Å². The van der Waals surface area contributed by atoms with E-state index in [0.717, 1.165) is 19.3 Å². The van der Waals surface area contributed by atoms with Gasteiger partial charge in [-0.3, -0.25) is 4.79 Å². The third-order valence-electron chi connectivity index (χ3n) is 5.60. The number of hydrogen-bond donors (Lipinski definition) is 1. The first-order valence-electron chi connectivity index (χ1n) is 9.47. The lowest BCUT2D eigenvalue weighted by Gasteiger charge is -2.32. The average molecular weight is 405 g/mol. The standard InChI is InChI=1S/C20H24N2O3S2/c23-20(21-18-8-3-6-15-5-1-2-7-17(15)18)16-10-12-22(13-11-16)27(24,25)19-9-4-14-26-19/h1-2,4-5,7,9,14,16,18H,3,6,8,10-13H2,(H,21,23). The van der Waals surface area contributed by atoms with Gasteiger partial charge in [0.25, 0.3) is 10.0 Å². The van der Waals surface area contributed by atoms with Crippen molar-refractivity contribution >= 4 is 27.3 Å². The molecular weight excluding hydrogens is 380 g/mol. The zero-order chi connectivity index (χ0) is 18.9. The van der Waals surface area contributed by atoms with E-state index in [2.05, 4.69) is 17.4 Å².